The van der Waals surface area contributed by atoms with Crippen molar-refractivity contribution in [2.24, 2.45) is 0 Å². The van der Waals surface area contributed by atoms with Crippen LogP contribution in [0.4, 0.5) is 8.78 Å². The molecule has 1 unspecified atom stereocenters. The van der Waals surface area contributed by atoms with Crippen molar-refractivity contribution in [1.29, 1.82) is 0 Å². The third-order valence-corrected chi connectivity index (χ3v) is 3.67. The standard InChI is InChI=1S/C14H11BrF2/c1-9-7-11(13(17)8-12(9)16)14(15)10-5-3-2-4-6-10/h2-8,14H,1H3. The lowest BCUT2D eigenvalue weighted by Gasteiger charge is -2.12. The number of alkyl halides is 1. The summed E-state index contributed by atoms with van der Waals surface area (Å²) in [7, 11) is 0. The molecule has 0 bridgehead atoms. The zero-order valence-electron chi connectivity index (χ0n) is 9.25. The first-order valence-corrected chi connectivity index (χ1v) is 6.15. The Labute approximate surface area is 107 Å². The van der Waals surface area contributed by atoms with Gasteiger partial charge in [-0.05, 0) is 24.1 Å². The molecule has 0 heterocycles. The number of hydrogen-bond acceptors (Lipinski definition) is 0. The van der Waals surface area contributed by atoms with E-state index in [2.05, 4.69) is 15.9 Å². The van der Waals surface area contributed by atoms with E-state index in [1.54, 1.807) is 6.92 Å². The van der Waals surface area contributed by atoms with Crippen molar-refractivity contribution in [3.8, 4) is 0 Å². The molecule has 2 aromatic rings. The van der Waals surface area contributed by atoms with Crippen molar-refractivity contribution in [3.05, 3.63) is 70.8 Å². The van der Waals surface area contributed by atoms with Gasteiger partial charge in [-0.2, -0.15) is 0 Å². The van der Waals surface area contributed by atoms with Gasteiger partial charge in [-0.3, -0.25) is 0 Å². The second-order valence-corrected chi connectivity index (χ2v) is 4.81. The van der Waals surface area contributed by atoms with Gasteiger partial charge in [0.05, 0.1) is 4.83 Å². The van der Waals surface area contributed by atoms with Gasteiger partial charge >= 0.3 is 0 Å². The molecule has 2 aromatic carbocycles. The van der Waals surface area contributed by atoms with Gasteiger partial charge in [0.2, 0.25) is 0 Å². The fraction of sp³-hybridized carbons (Fsp3) is 0.143. The Morgan fingerprint density at radius 3 is 2.29 bits per heavy atom. The number of rotatable bonds is 2. The number of hydrogen-bond donors (Lipinski definition) is 0. The number of halogens is 3. The van der Waals surface area contributed by atoms with E-state index in [9.17, 15) is 8.78 Å². The molecule has 0 fully saturated rings. The SMILES string of the molecule is Cc1cc(C(Br)c2ccccc2)c(F)cc1F. The molecule has 0 aliphatic heterocycles. The predicted molar refractivity (Wildman–Crippen MR) is 68.3 cm³/mol. The fourth-order valence-corrected chi connectivity index (χ4v) is 2.33. The molecule has 2 rings (SSSR count). The summed E-state index contributed by atoms with van der Waals surface area (Å²) in [4.78, 5) is -0.261. The van der Waals surface area contributed by atoms with E-state index >= 15 is 0 Å². The van der Waals surface area contributed by atoms with Crippen LogP contribution >= 0.6 is 15.9 Å². The van der Waals surface area contributed by atoms with Crippen LogP contribution in [0.15, 0.2) is 42.5 Å². The quantitative estimate of drug-likeness (QED) is 0.701. The van der Waals surface area contributed by atoms with Crippen LogP contribution in [-0.4, -0.2) is 0 Å². The van der Waals surface area contributed by atoms with Gasteiger partial charge in [0.1, 0.15) is 11.6 Å². The van der Waals surface area contributed by atoms with Gasteiger partial charge in [-0.15, -0.1) is 0 Å². The average molecular weight is 297 g/mol. The number of benzene rings is 2. The van der Waals surface area contributed by atoms with Crippen LogP contribution in [0.2, 0.25) is 0 Å². The Morgan fingerprint density at radius 2 is 1.65 bits per heavy atom. The highest BCUT2D eigenvalue weighted by Crippen LogP contribution is 2.33. The maximum atomic E-state index is 13.7. The van der Waals surface area contributed by atoms with Crippen molar-refractivity contribution < 1.29 is 8.78 Å². The molecule has 0 N–H and O–H groups in total. The van der Waals surface area contributed by atoms with E-state index in [1.165, 1.54) is 6.07 Å². The van der Waals surface area contributed by atoms with Crippen LogP contribution in [-0.2, 0) is 0 Å². The van der Waals surface area contributed by atoms with Crippen LogP contribution in [0.25, 0.3) is 0 Å². The second kappa shape index (κ2) is 4.96. The molecule has 0 spiro atoms. The van der Waals surface area contributed by atoms with Crippen molar-refractivity contribution >= 4 is 15.9 Å². The smallest absolute Gasteiger partial charge is 0.130 e. The topological polar surface area (TPSA) is 0 Å². The first-order valence-electron chi connectivity index (χ1n) is 5.24. The molecule has 88 valence electrons. The summed E-state index contributed by atoms with van der Waals surface area (Å²) in [5, 5.41) is 0. The van der Waals surface area contributed by atoms with E-state index in [4.69, 9.17) is 0 Å². The summed E-state index contributed by atoms with van der Waals surface area (Å²) >= 11 is 3.44. The monoisotopic (exact) mass is 296 g/mol. The molecule has 0 aliphatic carbocycles. The Balaban J connectivity index is 2.44. The van der Waals surface area contributed by atoms with Gasteiger partial charge in [0.15, 0.2) is 0 Å². The second-order valence-electron chi connectivity index (χ2n) is 3.90. The molecular formula is C14H11BrF2. The van der Waals surface area contributed by atoms with Gasteiger partial charge in [0.25, 0.3) is 0 Å². The Morgan fingerprint density at radius 1 is 1.00 bits per heavy atom. The van der Waals surface area contributed by atoms with E-state index in [0.717, 1.165) is 11.6 Å². The molecular weight excluding hydrogens is 286 g/mol. The fourth-order valence-electron chi connectivity index (χ4n) is 1.68. The lowest BCUT2D eigenvalue weighted by atomic mass is 10.0. The van der Waals surface area contributed by atoms with Crippen molar-refractivity contribution in [1.82, 2.24) is 0 Å². The predicted octanol–water partition coefficient (Wildman–Crippen LogP) is 4.76. The third kappa shape index (κ3) is 2.55. The Hall–Kier alpha value is -1.22. The van der Waals surface area contributed by atoms with Gasteiger partial charge in [-0.25, -0.2) is 8.78 Å². The number of aryl methyl sites for hydroxylation is 1. The summed E-state index contributed by atoms with van der Waals surface area (Å²) in [6.45, 7) is 1.63. The highest BCUT2D eigenvalue weighted by molar-refractivity contribution is 9.09. The molecule has 0 saturated heterocycles. The minimum Gasteiger partial charge on any atom is -0.207 e. The average Bonchev–Trinajstić information content (AvgIpc) is 2.34. The maximum absolute atomic E-state index is 13.7. The molecule has 0 aliphatic rings. The normalized spacial score (nSPS) is 12.5. The van der Waals surface area contributed by atoms with Gasteiger partial charge in [0, 0.05) is 11.6 Å². The Kier molecular flexibility index (Phi) is 3.57. The van der Waals surface area contributed by atoms with E-state index in [-0.39, 0.29) is 4.83 Å². The molecule has 17 heavy (non-hydrogen) atoms. The highest BCUT2D eigenvalue weighted by Gasteiger charge is 2.16. The van der Waals surface area contributed by atoms with Crippen LogP contribution < -0.4 is 0 Å². The third-order valence-electron chi connectivity index (χ3n) is 2.64. The minimum atomic E-state index is -0.529. The zero-order valence-corrected chi connectivity index (χ0v) is 10.8. The lowest BCUT2D eigenvalue weighted by molar-refractivity contribution is 0.569. The largest absolute Gasteiger partial charge is 0.207 e. The van der Waals surface area contributed by atoms with E-state index < -0.39 is 11.6 Å². The molecule has 0 amide bonds. The summed E-state index contributed by atoms with van der Waals surface area (Å²) in [5.41, 5.74) is 1.84. The van der Waals surface area contributed by atoms with Crippen molar-refractivity contribution in [2.45, 2.75) is 11.8 Å². The zero-order chi connectivity index (χ0) is 12.4. The lowest BCUT2D eigenvalue weighted by Crippen LogP contribution is -1.99. The molecule has 3 heteroatoms. The van der Waals surface area contributed by atoms with Crippen LogP contribution in [0.5, 0.6) is 0 Å². The molecule has 0 aromatic heterocycles. The van der Waals surface area contributed by atoms with E-state index in [1.807, 2.05) is 30.3 Å². The first-order chi connectivity index (χ1) is 8.09. The van der Waals surface area contributed by atoms with Crippen LogP contribution in [0.3, 0.4) is 0 Å². The highest BCUT2D eigenvalue weighted by atomic mass is 79.9. The molecule has 1 atom stereocenters. The van der Waals surface area contributed by atoms with E-state index in [0.29, 0.717) is 11.1 Å². The van der Waals surface area contributed by atoms with Crippen molar-refractivity contribution in [3.63, 3.8) is 0 Å². The maximum Gasteiger partial charge on any atom is 0.130 e. The molecule has 0 nitrogen and oxygen atoms in total. The van der Waals surface area contributed by atoms with Crippen LogP contribution in [0.1, 0.15) is 21.5 Å². The summed E-state index contributed by atoms with van der Waals surface area (Å²) < 4.78 is 26.9. The van der Waals surface area contributed by atoms with Gasteiger partial charge < -0.3 is 0 Å². The molecule has 0 radical (unpaired) electrons. The summed E-state index contributed by atoms with van der Waals surface area (Å²) in [5.74, 6) is -1.04. The summed E-state index contributed by atoms with van der Waals surface area (Å²) in [6, 6.07) is 11.9. The van der Waals surface area contributed by atoms with Crippen LogP contribution in [0, 0.1) is 18.6 Å². The minimum absolute atomic E-state index is 0.261. The summed E-state index contributed by atoms with van der Waals surface area (Å²) in [6.07, 6.45) is 0. The Bertz CT molecular complexity index is 523. The van der Waals surface area contributed by atoms with Crippen molar-refractivity contribution in [2.75, 3.05) is 0 Å². The van der Waals surface area contributed by atoms with Gasteiger partial charge in [-0.1, -0.05) is 46.3 Å². The molecule has 0 saturated carbocycles. The first kappa shape index (κ1) is 12.2.